The van der Waals surface area contributed by atoms with Gasteiger partial charge in [0.05, 0.1) is 34.8 Å². The van der Waals surface area contributed by atoms with Crippen LogP contribution in [0.5, 0.6) is 0 Å². The van der Waals surface area contributed by atoms with Gasteiger partial charge in [0.1, 0.15) is 4.60 Å². The summed E-state index contributed by atoms with van der Waals surface area (Å²) in [6.45, 7) is 1.43. The molecule has 0 bridgehead atoms. The van der Waals surface area contributed by atoms with Gasteiger partial charge in [-0.15, -0.1) is 0 Å². The van der Waals surface area contributed by atoms with E-state index in [-0.39, 0.29) is 18.7 Å². The summed E-state index contributed by atoms with van der Waals surface area (Å²) in [4.78, 5) is 17.0. The highest BCUT2D eigenvalue weighted by Crippen LogP contribution is 2.30. The maximum absolute atomic E-state index is 12.8. The number of hydrogen-bond donors (Lipinski definition) is 3. The molecule has 0 spiro atoms. The van der Waals surface area contributed by atoms with Gasteiger partial charge < -0.3 is 15.7 Å². The van der Waals surface area contributed by atoms with E-state index in [4.69, 9.17) is 23.2 Å². The molecule has 1 unspecified atom stereocenters. The van der Waals surface area contributed by atoms with Crippen LogP contribution in [0.1, 0.15) is 27.8 Å². The maximum Gasteiger partial charge on any atom is 0.264 e. The summed E-state index contributed by atoms with van der Waals surface area (Å²) < 4.78 is 28.6. The summed E-state index contributed by atoms with van der Waals surface area (Å²) in [5.74, 6) is -0.234. The first-order chi connectivity index (χ1) is 16.0. The Kier molecular flexibility index (Phi) is 8.55. The van der Waals surface area contributed by atoms with E-state index >= 15 is 0 Å². The van der Waals surface area contributed by atoms with Gasteiger partial charge in [0, 0.05) is 17.8 Å². The zero-order valence-corrected chi connectivity index (χ0v) is 21.8. The van der Waals surface area contributed by atoms with Crippen molar-refractivity contribution in [1.29, 1.82) is 0 Å². The highest BCUT2D eigenvalue weighted by molar-refractivity contribution is 9.10. The average Bonchev–Trinajstić information content (AvgIpc) is 3.14. The van der Waals surface area contributed by atoms with Crippen LogP contribution in [0.25, 0.3) is 5.82 Å². The molecule has 1 atom stereocenters. The number of aryl methyl sites for hydroxylation is 1. The van der Waals surface area contributed by atoms with Crippen molar-refractivity contribution in [1.82, 2.24) is 20.1 Å². The topological polar surface area (TPSA) is 135 Å². The second kappa shape index (κ2) is 11.0. The first kappa shape index (κ1) is 26.4. The van der Waals surface area contributed by atoms with Crippen LogP contribution in [-0.2, 0) is 14.3 Å². The number of halogens is 3. The van der Waals surface area contributed by atoms with E-state index in [0.29, 0.717) is 37.4 Å². The van der Waals surface area contributed by atoms with Gasteiger partial charge in [0.2, 0.25) is 0 Å². The van der Waals surface area contributed by atoms with Crippen LogP contribution in [0, 0.1) is 6.92 Å². The molecule has 2 heterocycles. The number of aliphatic hydroxyl groups is 1. The fraction of sp³-hybridized carbons (Fsp3) is 0.250. The molecule has 3 N–H and O–H groups in total. The zero-order valence-electron chi connectivity index (χ0n) is 17.9. The predicted molar refractivity (Wildman–Crippen MR) is 132 cm³/mol. The van der Waals surface area contributed by atoms with E-state index in [1.165, 1.54) is 10.7 Å². The number of carbonyl (C=O) groups is 1. The van der Waals surface area contributed by atoms with Gasteiger partial charge in [-0.1, -0.05) is 23.2 Å². The summed E-state index contributed by atoms with van der Waals surface area (Å²) in [5, 5.41) is 21.4. The number of benzene rings is 1. The van der Waals surface area contributed by atoms with Gasteiger partial charge in [-0.3, -0.25) is 8.98 Å². The van der Waals surface area contributed by atoms with E-state index in [0.717, 1.165) is 6.26 Å². The molecule has 3 rings (SSSR count). The zero-order chi connectivity index (χ0) is 25.0. The lowest BCUT2D eigenvalue weighted by Crippen LogP contribution is -2.29. The second-order valence-corrected chi connectivity index (χ2v) is 10.4. The van der Waals surface area contributed by atoms with Gasteiger partial charge >= 0.3 is 0 Å². The van der Waals surface area contributed by atoms with Gasteiger partial charge in [-0.25, -0.2) is 9.67 Å². The van der Waals surface area contributed by atoms with Gasteiger partial charge in [-0.05, 0) is 58.7 Å². The fourth-order valence-corrected chi connectivity index (χ4v) is 4.29. The van der Waals surface area contributed by atoms with E-state index in [9.17, 15) is 18.3 Å². The summed E-state index contributed by atoms with van der Waals surface area (Å²) in [6, 6.07) is 7.95. The number of nitrogens with zero attached hydrogens (tertiary/aromatic N) is 3. The van der Waals surface area contributed by atoms with Crippen LogP contribution in [0.15, 0.2) is 41.1 Å². The first-order valence-electron chi connectivity index (χ1n) is 9.70. The Bertz CT molecular complexity index is 1320. The van der Waals surface area contributed by atoms with Crippen molar-refractivity contribution in [2.24, 2.45) is 0 Å². The van der Waals surface area contributed by atoms with Crippen molar-refractivity contribution in [2.75, 3.05) is 24.7 Å². The number of amides is 1. The van der Waals surface area contributed by atoms with Crippen molar-refractivity contribution < 1.29 is 22.5 Å². The number of aliphatic hydroxyl groups excluding tert-OH is 1. The van der Waals surface area contributed by atoms with E-state index in [1.807, 2.05) is 0 Å². The lowest BCUT2D eigenvalue weighted by Gasteiger charge is -2.20. The monoisotopic (exact) mass is 591 g/mol. The number of anilines is 1. The largest absolute Gasteiger partial charge is 0.368 e. The summed E-state index contributed by atoms with van der Waals surface area (Å²) in [5.41, 5.74) is 1.35. The second-order valence-electron chi connectivity index (χ2n) is 7.09. The minimum Gasteiger partial charge on any atom is -0.368 e. The summed E-state index contributed by atoms with van der Waals surface area (Å²) in [6.07, 6.45) is 1.14. The Balaban J connectivity index is 1.88. The molecular weight excluding hydrogens is 573 g/mol. The van der Waals surface area contributed by atoms with E-state index in [2.05, 4.69) is 40.8 Å². The molecule has 34 heavy (non-hydrogen) atoms. The molecule has 0 saturated heterocycles. The Morgan fingerprint density at radius 1 is 1.32 bits per heavy atom. The molecule has 0 aliphatic heterocycles. The van der Waals surface area contributed by atoms with Gasteiger partial charge in [0.25, 0.3) is 16.0 Å². The molecular formula is C20H20BrCl2N5O5S. The van der Waals surface area contributed by atoms with Crippen molar-refractivity contribution in [3.05, 3.63) is 68.0 Å². The minimum absolute atomic E-state index is 0.0582. The minimum atomic E-state index is -3.63. The molecule has 0 saturated carbocycles. The third-order valence-corrected chi connectivity index (χ3v) is 5.93. The van der Waals surface area contributed by atoms with E-state index < -0.39 is 22.3 Å². The van der Waals surface area contributed by atoms with Gasteiger partial charge in [0.15, 0.2) is 12.0 Å². The Hall–Kier alpha value is -2.22. The number of pyridine rings is 1. The van der Waals surface area contributed by atoms with Gasteiger partial charge in [-0.2, -0.15) is 13.5 Å². The number of hydrogen-bond acceptors (Lipinski definition) is 8. The fourth-order valence-electron chi connectivity index (χ4n) is 3.04. The first-order valence-corrected chi connectivity index (χ1v) is 13.1. The smallest absolute Gasteiger partial charge is 0.264 e. The van der Waals surface area contributed by atoms with Crippen molar-refractivity contribution in [3.63, 3.8) is 0 Å². The summed E-state index contributed by atoms with van der Waals surface area (Å²) in [7, 11) is -3.63. The lowest BCUT2D eigenvalue weighted by molar-refractivity contribution is 0.0947. The SMILES string of the molecule is Cc1cc(Cl)cc(C(=O)NCCOS(C)(=O)=O)c1NC(O)c1cc(Br)nn1-c1ncccc1Cl. The van der Waals surface area contributed by atoms with Crippen LogP contribution in [0.4, 0.5) is 5.69 Å². The van der Waals surface area contributed by atoms with Crippen LogP contribution in [-0.4, -0.2) is 53.6 Å². The quantitative estimate of drug-likeness (QED) is 0.195. The predicted octanol–water partition coefficient (Wildman–Crippen LogP) is 3.45. The molecule has 14 heteroatoms. The number of carbonyl (C=O) groups excluding carboxylic acids is 1. The van der Waals surface area contributed by atoms with Crippen LogP contribution < -0.4 is 10.6 Å². The molecule has 0 fully saturated rings. The average molecular weight is 593 g/mol. The Morgan fingerprint density at radius 3 is 2.74 bits per heavy atom. The molecule has 3 aromatic rings. The highest BCUT2D eigenvalue weighted by Gasteiger charge is 2.22. The molecule has 0 radical (unpaired) electrons. The van der Waals surface area contributed by atoms with Crippen molar-refractivity contribution >= 4 is 60.8 Å². The Labute approximate surface area is 214 Å². The number of aromatic nitrogens is 3. The van der Waals surface area contributed by atoms with Crippen LogP contribution in [0.3, 0.4) is 0 Å². The van der Waals surface area contributed by atoms with Crippen LogP contribution >= 0.6 is 39.1 Å². The molecule has 182 valence electrons. The maximum atomic E-state index is 12.8. The molecule has 1 aromatic carbocycles. The molecule has 0 aliphatic rings. The standard InChI is InChI=1S/C20H20BrCl2N5O5S/c1-11-8-12(22)9-13(19(29)25-6-7-33-34(2,31)32)17(11)26-20(30)15-10-16(21)27-28(15)18-14(23)4-3-5-24-18/h3-5,8-10,20,26,30H,6-7H2,1-2H3,(H,25,29). The Morgan fingerprint density at radius 2 is 2.06 bits per heavy atom. The van der Waals surface area contributed by atoms with E-state index in [1.54, 1.807) is 37.4 Å². The highest BCUT2D eigenvalue weighted by atomic mass is 79.9. The normalized spacial score (nSPS) is 12.4. The molecule has 0 aliphatic carbocycles. The third-order valence-electron chi connectivity index (χ3n) is 4.44. The third kappa shape index (κ3) is 6.68. The lowest BCUT2D eigenvalue weighted by atomic mass is 10.1. The number of nitrogens with one attached hydrogen (secondary N) is 2. The van der Waals surface area contributed by atoms with Crippen LogP contribution in [0.2, 0.25) is 10.0 Å². The summed E-state index contributed by atoms with van der Waals surface area (Å²) >= 11 is 15.7. The number of rotatable bonds is 9. The molecule has 2 aromatic heterocycles. The van der Waals surface area contributed by atoms with Crippen molar-refractivity contribution in [3.8, 4) is 5.82 Å². The molecule has 10 nitrogen and oxygen atoms in total. The molecule has 1 amide bonds. The van der Waals surface area contributed by atoms with Crippen molar-refractivity contribution in [2.45, 2.75) is 13.2 Å².